The van der Waals surface area contributed by atoms with Gasteiger partial charge in [-0.3, -0.25) is 19.5 Å². The molecule has 0 bridgehead atoms. The Labute approximate surface area is 190 Å². The van der Waals surface area contributed by atoms with Crippen LogP contribution in [0.2, 0.25) is 0 Å². The predicted octanol–water partition coefficient (Wildman–Crippen LogP) is 3.26. The Balaban J connectivity index is 1.20. The highest BCUT2D eigenvalue weighted by atomic mass is 16.2. The molecule has 3 amide bonds. The summed E-state index contributed by atoms with van der Waals surface area (Å²) in [6.45, 7) is 5.00. The van der Waals surface area contributed by atoms with E-state index in [9.17, 15) is 9.59 Å². The molecule has 1 spiro atoms. The van der Waals surface area contributed by atoms with Crippen molar-refractivity contribution in [1.82, 2.24) is 20.0 Å². The van der Waals surface area contributed by atoms with Gasteiger partial charge in [0.1, 0.15) is 5.54 Å². The van der Waals surface area contributed by atoms with Crippen LogP contribution in [0.3, 0.4) is 0 Å². The number of benzene rings is 2. The van der Waals surface area contributed by atoms with E-state index in [0.29, 0.717) is 6.54 Å². The fraction of sp³-hybridized carbons (Fsp3) is 0.462. The molecule has 5 rings (SSSR count). The lowest BCUT2D eigenvalue weighted by Crippen LogP contribution is -2.50. The molecule has 1 N–H and O–H groups in total. The summed E-state index contributed by atoms with van der Waals surface area (Å²) >= 11 is 0. The van der Waals surface area contributed by atoms with Gasteiger partial charge in [-0.15, -0.1) is 0 Å². The van der Waals surface area contributed by atoms with E-state index in [0.717, 1.165) is 58.4 Å². The first-order chi connectivity index (χ1) is 15.7. The maximum Gasteiger partial charge on any atom is 0.325 e. The number of rotatable bonds is 6. The lowest BCUT2D eigenvalue weighted by molar-refractivity contribution is -0.131. The van der Waals surface area contributed by atoms with Crippen molar-refractivity contribution in [3.63, 3.8) is 0 Å². The van der Waals surface area contributed by atoms with Crippen LogP contribution < -0.4 is 5.32 Å². The van der Waals surface area contributed by atoms with E-state index >= 15 is 0 Å². The summed E-state index contributed by atoms with van der Waals surface area (Å²) in [6.07, 6.45) is 3.61. The van der Waals surface area contributed by atoms with Gasteiger partial charge in [-0.05, 0) is 24.0 Å². The van der Waals surface area contributed by atoms with Crippen molar-refractivity contribution in [3.05, 3.63) is 71.8 Å². The van der Waals surface area contributed by atoms with Crippen molar-refractivity contribution >= 4 is 11.9 Å². The van der Waals surface area contributed by atoms with Crippen molar-refractivity contribution in [2.45, 2.75) is 37.3 Å². The number of nitrogens with zero attached hydrogens (tertiary/aromatic N) is 3. The molecule has 6 nitrogen and oxygen atoms in total. The normalized spacial score (nSPS) is 21.6. The molecule has 2 saturated heterocycles. The average Bonchev–Trinajstić information content (AvgIpc) is 3.39. The lowest BCUT2D eigenvalue weighted by Gasteiger charge is -2.40. The zero-order valence-electron chi connectivity index (χ0n) is 18.6. The van der Waals surface area contributed by atoms with Crippen LogP contribution in [0.4, 0.5) is 4.79 Å². The van der Waals surface area contributed by atoms with Gasteiger partial charge in [0.25, 0.3) is 5.91 Å². The Morgan fingerprint density at radius 1 is 0.781 bits per heavy atom. The van der Waals surface area contributed by atoms with E-state index in [2.05, 4.69) is 75.8 Å². The Hall–Kier alpha value is -2.70. The molecule has 2 aromatic rings. The zero-order chi connectivity index (χ0) is 22.0. The zero-order valence-corrected chi connectivity index (χ0v) is 18.6. The number of amides is 3. The summed E-state index contributed by atoms with van der Waals surface area (Å²) in [4.78, 5) is 31.7. The van der Waals surface area contributed by atoms with Gasteiger partial charge in [-0.1, -0.05) is 73.5 Å². The molecule has 32 heavy (non-hydrogen) atoms. The van der Waals surface area contributed by atoms with E-state index < -0.39 is 5.54 Å². The van der Waals surface area contributed by atoms with Crippen molar-refractivity contribution in [1.29, 1.82) is 0 Å². The molecular weight excluding hydrogens is 400 g/mol. The molecule has 2 aromatic carbocycles. The van der Waals surface area contributed by atoms with Crippen molar-refractivity contribution in [2.24, 2.45) is 0 Å². The quantitative estimate of drug-likeness (QED) is 0.712. The van der Waals surface area contributed by atoms with Crippen LogP contribution >= 0.6 is 0 Å². The second-order valence-corrected chi connectivity index (χ2v) is 9.28. The Morgan fingerprint density at radius 2 is 1.34 bits per heavy atom. The minimum absolute atomic E-state index is 0.00754. The minimum atomic E-state index is -0.603. The first kappa shape index (κ1) is 21.2. The maximum atomic E-state index is 12.9. The van der Waals surface area contributed by atoms with Gasteiger partial charge in [0, 0.05) is 39.3 Å². The van der Waals surface area contributed by atoms with E-state index in [1.807, 2.05) is 0 Å². The van der Waals surface area contributed by atoms with Gasteiger partial charge >= 0.3 is 6.03 Å². The Bertz CT molecular complexity index is 895. The fourth-order valence-electron chi connectivity index (χ4n) is 5.57. The van der Waals surface area contributed by atoms with Gasteiger partial charge in [0.2, 0.25) is 0 Å². The number of carbonyl (C=O) groups excluding carboxylic acids is 2. The third-order valence-electron chi connectivity index (χ3n) is 7.35. The van der Waals surface area contributed by atoms with Gasteiger partial charge in [-0.2, -0.15) is 0 Å². The molecule has 6 heteroatoms. The molecule has 0 radical (unpaired) electrons. The van der Waals surface area contributed by atoms with Crippen molar-refractivity contribution < 1.29 is 9.59 Å². The predicted molar refractivity (Wildman–Crippen MR) is 124 cm³/mol. The number of piperazine rings is 1. The van der Waals surface area contributed by atoms with Crippen LogP contribution in [0.25, 0.3) is 0 Å². The molecule has 168 valence electrons. The maximum absolute atomic E-state index is 12.9. The average molecular weight is 433 g/mol. The standard InChI is InChI=1S/C26H32N4O2/c31-24-26(13-7-8-14-26)27-25(32)30(24)20-17-28-15-18-29(19-16-28)23(21-9-3-1-4-10-21)22-11-5-2-6-12-22/h1-6,9-12,23H,7-8,13-20H2,(H,27,32). The number of hydrogen-bond donors (Lipinski definition) is 1. The van der Waals surface area contributed by atoms with E-state index in [1.165, 1.54) is 16.0 Å². The third-order valence-corrected chi connectivity index (χ3v) is 7.35. The summed E-state index contributed by atoms with van der Waals surface area (Å²) in [5, 5.41) is 2.99. The smallest absolute Gasteiger partial charge is 0.323 e. The summed E-state index contributed by atoms with van der Waals surface area (Å²) in [7, 11) is 0. The van der Waals surface area contributed by atoms with E-state index in [1.54, 1.807) is 0 Å². The number of urea groups is 1. The summed E-state index contributed by atoms with van der Waals surface area (Å²) in [5.41, 5.74) is 2.02. The Kier molecular flexibility index (Phi) is 5.98. The van der Waals surface area contributed by atoms with Gasteiger partial charge in [0.15, 0.2) is 0 Å². The van der Waals surface area contributed by atoms with Crippen LogP contribution in [-0.4, -0.2) is 71.4 Å². The van der Waals surface area contributed by atoms with Crippen LogP contribution in [0.5, 0.6) is 0 Å². The van der Waals surface area contributed by atoms with E-state index in [4.69, 9.17) is 0 Å². The first-order valence-electron chi connectivity index (χ1n) is 11.9. The third kappa shape index (κ3) is 4.05. The molecule has 0 aromatic heterocycles. The Morgan fingerprint density at radius 3 is 1.91 bits per heavy atom. The highest BCUT2D eigenvalue weighted by Gasteiger charge is 2.52. The van der Waals surface area contributed by atoms with Crippen LogP contribution in [0, 0.1) is 0 Å². The first-order valence-corrected chi connectivity index (χ1v) is 11.9. The van der Waals surface area contributed by atoms with Gasteiger partial charge < -0.3 is 5.32 Å². The topological polar surface area (TPSA) is 55.9 Å². The molecule has 1 aliphatic carbocycles. The van der Waals surface area contributed by atoms with Crippen molar-refractivity contribution in [3.8, 4) is 0 Å². The SMILES string of the molecule is O=C1NC2(CCCC2)C(=O)N1CCN1CCN(C(c2ccccc2)c2ccccc2)CC1. The highest BCUT2D eigenvalue weighted by molar-refractivity contribution is 6.07. The number of hydrogen-bond acceptors (Lipinski definition) is 4. The number of carbonyl (C=O) groups is 2. The highest BCUT2D eigenvalue weighted by Crippen LogP contribution is 2.35. The molecular formula is C26H32N4O2. The summed E-state index contributed by atoms with van der Waals surface area (Å²) < 4.78 is 0. The van der Waals surface area contributed by atoms with Crippen LogP contribution in [0.15, 0.2) is 60.7 Å². The van der Waals surface area contributed by atoms with Gasteiger partial charge in [0.05, 0.1) is 6.04 Å². The van der Waals surface area contributed by atoms with Crippen LogP contribution in [-0.2, 0) is 4.79 Å². The second-order valence-electron chi connectivity index (χ2n) is 9.28. The molecule has 3 aliphatic rings. The number of nitrogens with one attached hydrogen (secondary N) is 1. The number of imide groups is 1. The molecule has 0 atom stereocenters. The fourth-order valence-corrected chi connectivity index (χ4v) is 5.57. The van der Waals surface area contributed by atoms with Crippen molar-refractivity contribution in [2.75, 3.05) is 39.3 Å². The monoisotopic (exact) mass is 432 g/mol. The minimum Gasteiger partial charge on any atom is -0.323 e. The molecule has 1 saturated carbocycles. The summed E-state index contributed by atoms with van der Waals surface area (Å²) in [6, 6.07) is 21.4. The van der Waals surface area contributed by atoms with Crippen LogP contribution in [0.1, 0.15) is 42.9 Å². The summed E-state index contributed by atoms with van der Waals surface area (Å²) in [5.74, 6) is -0.00754. The largest absolute Gasteiger partial charge is 0.325 e. The van der Waals surface area contributed by atoms with E-state index in [-0.39, 0.29) is 18.0 Å². The molecule has 2 aliphatic heterocycles. The molecule has 3 fully saturated rings. The molecule has 2 heterocycles. The molecule has 0 unspecified atom stereocenters. The lowest BCUT2D eigenvalue weighted by atomic mass is 9.96. The van der Waals surface area contributed by atoms with Gasteiger partial charge in [-0.25, -0.2) is 4.79 Å². The second kappa shape index (κ2) is 9.04.